The molecule has 1 aliphatic heterocycles. The first-order valence-corrected chi connectivity index (χ1v) is 10.00. The number of aromatic nitrogens is 2. The smallest absolute Gasteiger partial charge is 0.258 e. The molecule has 6 heteroatoms. The highest BCUT2D eigenvalue weighted by molar-refractivity contribution is 6.37. The quantitative estimate of drug-likeness (QED) is 0.362. The summed E-state index contributed by atoms with van der Waals surface area (Å²) >= 11 is 0. The van der Waals surface area contributed by atoms with Crippen LogP contribution in [0.5, 0.6) is 0 Å². The zero-order valence-electron chi connectivity index (χ0n) is 16.9. The summed E-state index contributed by atoms with van der Waals surface area (Å²) in [5.74, 6) is 0.281. The van der Waals surface area contributed by atoms with Crippen molar-refractivity contribution in [2.45, 2.75) is 6.92 Å². The van der Waals surface area contributed by atoms with Crippen LogP contribution >= 0.6 is 0 Å². The Bertz CT molecular complexity index is 1300. The lowest BCUT2D eigenvalue weighted by atomic mass is 10.00. The summed E-state index contributed by atoms with van der Waals surface area (Å²) in [7, 11) is 0. The second kappa shape index (κ2) is 7.50. The monoisotopic (exact) mass is 407 g/mol. The minimum Gasteiger partial charge on any atom is -0.369 e. The molecule has 5 rings (SSSR count). The van der Waals surface area contributed by atoms with Crippen LogP contribution in [0, 0.1) is 6.92 Å². The largest absolute Gasteiger partial charge is 0.369 e. The number of aryl methyl sites for hydroxylation is 1. The van der Waals surface area contributed by atoms with Gasteiger partial charge < -0.3 is 21.4 Å². The van der Waals surface area contributed by atoms with Crippen LogP contribution in [0.15, 0.2) is 78.9 Å². The Kier molecular flexibility index (Phi) is 4.52. The first kappa shape index (κ1) is 18.7. The Morgan fingerprint density at radius 1 is 0.935 bits per heavy atom. The van der Waals surface area contributed by atoms with Crippen molar-refractivity contribution in [2.24, 2.45) is 0 Å². The Hall–Kier alpha value is -4.32. The third-order valence-electron chi connectivity index (χ3n) is 5.31. The van der Waals surface area contributed by atoms with Gasteiger partial charge >= 0.3 is 0 Å². The lowest BCUT2D eigenvalue weighted by Crippen LogP contribution is -2.10. The van der Waals surface area contributed by atoms with Crippen LogP contribution in [0.3, 0.4) is 0 Å². The molecule has 0 saturated carbocycles. The van der Waals surface area contributed by atoms with Gasteiger partial charge in [0.05, 0.1) is 17.0 Å². The second-order valence-corrected chi connectivity index (χ2v) is 7.41. The standard InChI is InChI=1S/C25H21N5O/c1-15-22(30-25(26)27-15)17-11-13-18(14-12-17)28-23(16-7-3-2-4-8-16)21-19-9-5-6-10-20(19)29-24(21)31/h2-14,28H,1H3,(H,29,31)(H3,26,27,30)/b23-21-. The van der Waals surface area contributed by atoms with E-state index >= 15 is 0 Å². The second-order valence-electron chi connectivity index (χ2n) is 7.41. The van der Waals surface area contributed by atoms with Crippen molar-refractivity contribution in [2.75, 3.05) is 16.4 Å². The first-order chi connectivity index (χ1) is 15.1. The number of hydrogen-bond donors (Lipinski definition) is 4. The number of H-pyrrole nitrogens is 1. The third kappa shape index (κ3) is 3.44. The molecule has 2 heterocycles. The predicted molar refractivity (Wildman–Crippen MR) is 125 cm³/mol. The molecule has 152 valence electrons. The summed E-state index contributed by atoms with van der Waals surface area (Å²) in [6, 6.07) is 25.5. The topological polar surface area (TPSA) is 95.8 Å². The maximum Gasteiger partial charge on any atom is 0.258 e. The molecule has 5 N–H and O–H groups in total. The van der Waals surface area contributed by atoms with Gasteiger partial charge in [0.1, 0.15) is 0 Å². The number of carbonyl (C=O) groups excluding carboxylic acids is 1. The summed E-state index contributed by atoms with van der Waals surface area (Å²) in [6.07, 6.45) is 0. The zero-order valence-corrected chi connectivity index (χ0v) is 16.9. The minimum absolute atomic E-state index is 0.119. The number of hydrogen-bond acceptors (Lipinski definition) is 4. The fourth-order valence-electron chi connectivity index (χ4n) is 3.87. The van der Waals surface area contributed by atoms with Gasteiger partial charge in [-0.1, -0.05) is 60.7 Å². The molecule has 0 atom stereocenters. The zero-order chi connectivity index (χ0) is 21.4. The molecule has 1 aliphatic rings. The normalized spacial score (nSPS) is 14.2. The van der Waals surface area contributed by atoms with E-state index in [-0.39, 0.29) is 5.91 Å². The molecule has 0 fully saturated rings. The molecule has 0 radical (unpaired) electrons. The van der Waals surface area contributed by atoms with Crippen LogP contribution in [0.4, 0.5) is 17.3 Å². The lowest BCUT2D eigenvalue weighted by Gasteiger charge is -2.15. The van der Waals surface area contributed by atoms with Gasteiger partial charge in [-0.2, -0.15) is 0 Å². The predicted octanol–water partition coefficient (Wildman–Crippen LogP) is 4.90. The number of nitrogens with zero attached hydrogens (tertiary/aromatic N) is 1. The fraction of sp³-hybridized carbons (Fsp3) is 0.0400. The molecule has 6 nitrogen and oxygen atoms in total. The summed E-state index contributed by atoms with van der Waals surface area (Å²) in [4.78, 5) is 20.3. The molecule has 4 aromatic rings. The molecule has 0 aliphatic carbocycles. The number of aromatic amines is 1. The van der Waals surface area contributed by atoms with Crippen LogP contribution < -0.4 is 16.4 Å². The third-order valence-corrected chi connectivity index (χ3v) is 5.31. The van der Waals surface area contributed by atoms with E-state index in [0.29, 0.717) is 11.5 Å². The lowest BCUT2D eigenvalue weighted by molar-refractivity contribution is -0.110. The van der Waals surface area contributed by atoms with E-state index < -0.39 is 0 Å². The van der Waals surface area contributed by atoms with Crippen molar-refractivity contribution in [3.63, 3.8) is 0 Å². The van der Waals surface area contributed by atoms with E-state index in [1.807, 2.05) is 85.8 Å². The highest BCUT2D eigenvalue weighted by Crippen LogP contribution is 2.37. The van der Waals surface area contributed by atoms with Crippen molar-refractivity contribution in [3.05, 3.63) is 95.7 Å². The van der Waals surface area contributed by atoms with E-state index in [2.05, 4.69) is 20.6 Å². The Morgan fingerprint density at radius 2 is 1.65 bits per heavy atom. The Morgan fingerprint density at radius 3 is 2.35 bits per heavy atom. The number of nitrogens with one attached hydrogen (secondary N) is 3. The van der Waals surface area contributed by atoms with Crippen molar-refractivity contribution < 1.29 is 4.79 Å². The highest BCUT2D eigenvalue weighted by atomic mass is 16.2. The summed E-state index contributed by atoms with van der Waals surface area (Å²) in [5.41, 5.74) is 13.4. The van der Waals surface area contributed by atoms with Crippen LogP contribution in [0.2, 0.25) is 0 Å². The molecule has 1 aromatic heterocycles. The van der Waals surface area contributed by atoms with Gasteiger partial charge in [0.15, 0.2) is 5.95 Å². The first-order valence-electron chi connectivity index (χ1n) is 10.00. The van der Waals surface area contributed by atoms with Crippen LogP contribution in [-0.4, -0.2) is 15.9 Å². The molecule has 3 aromatic carbocycles. The van der Waals surface area contributed by atoms with Crippen molar-refractivity contribution in [1.82, 2.24) is 9.97 Å². The highest BCUT2D eigenvalue weighted by Gasteiger charge is 2.28. The minimum atomic E-state index is -0.119. The van der Waals surface area contributed by atoms with E-state index in [9.17, 15) is 4.79 Å². The van der Waals surface area contributed by atoms with E-state index in [4.69, 9.17) is 5.73 Å². The summed E-state index contributed by atoms with van der Waals surface area (Å²) < 4.78 is 0. The van der Waals surface area contributed by atoms with Gasteiger partial charge in [-0.3, -0.25) is 4.79 Å². The molecule has 0 saturated heterocycles. The molecule has 1 amide bonds. The van der Waals surface area contributed by atoms with Gasteiger partial charge in [-0.15, -0.1) is 0 Å². The number of anilines is 3. The Balaban J connectivity index is 1.57. The maximum absolute atomic E-state index is 12.9. The summed E-state index contributed by atoms with van der Waals surface area (Å²) in [6.45, 7) is 1.94. The van der Waals surface area contributed by atoms with Gasteiger partial charge in [0, 0.05) is 28.2 Å². The molecular formula is C25H21N5O. The van der Waals surface area contributed by atoms with Crippen LogP contribution in [0.1, 0.15) is 16.8 Å². The summed E-state index contributed by atoms with van der Waals surface area (Å²) in [5, 5.41) is 6.44. The van der Waals surface area contributed by atoms with Crippen LogP contribution in [0.25, 0.3) is 22.5 Å². The molecular weight excluding hydrogens is 386 g/mol. The Labute approximate surface area is 179 Å². The van der Waals surface area contributed by atoms with E-state index in [1.54, 1.807) is 0 Å². The number of nitrogens with two attached hydrogens (primary N) is 1. The van der Waals surface area contributed by atoms with Gasteiger partial charge in [0.25, 0.3) is 5.91 Å². The van der Waals surface area contributed by atoms with Crippen LogP contribution in [-0.2, 0) is 4.79 Å². The average Bonchev–Trinajstić information content (AvgIpc) is 3.30. The van der Waals surface area contributed by atoms with E-state index in [1.165, 1.54) is 0 Å². The number of benzene rings is 3. The van der Waals surface area contributed by atoms with Gasteiger partial charge in [-0.25, -0.2) is 4.98 Å². The van der Waals surface area contributed by atoms with E-state index in [0.717, 1.165) is 45.2 Å². The molecule has 0 unspecified atom stereocenters. The number of imidazole rings is 1. The van der Waals surface area contributed by atoms with Gasteiger partial charge in [-0.05, 0) is 30.7 Å². The van der Waals surface area contributed by atoms with Crippen molar-refractivity contribution >= 4 is 34.5 Å². The molecule has 0 bridgehead atoms. The van der Waals surface area contributed by atoms with Crippen molar-refractivity contribution in [1.29, 1.82) is 0 Å². The fourth-order valence-corrected chi connectivity index (χ4v) is 3.87. The number of amides is 1. The number of carbonyl (C=O) groups is 1. The molecule has 31 heavy (non-hydrogen) atoms. The number of rotatable bonds is 4. The molecule has 0 spiro atoms. The number of nitrogen functional groups attached to an aromatic ring is 1. The number of para-hydroxylation sites is 1. The number of fused-ring (bicyclic) bond motifs is 1. The maximum atomic E-state index is 12.9. The van der Waals surface area contributed by atoms with Gasteiger partial charge in [0.2, 0.25) is 0 Å². The van der Waals surface area contributed by atoms with Crippen molar-refractivity contribution in [3.8, 4) is 11.3 Å². The average molecular weight is 407 g/mol. The SMILES string of the molecule is Cc1[nH]c(N)nc1-c1ccc(N/C(=C2\C(=O)Nc3ccccc32)c2ccccc2)cc1.